The number of rotatable bonds is 8. The zero-order chi connectivity index (χ0) is 23.2. The van der Waals surface area contributed by atoms with Crippen LogP contribution in [0.15, 0.2) is 47.0 Å². The van der Waals surface area contributed by atoms with E-state index in [9.17, 15) is 4.79 Å². The number of ether oxygens (including phenoxy) is 3. The number of hydrogen-bond acceptors (Lipinski definition) is 8. The number of carbonyl (C=O) groups is 1. The van der Waals surface area contributed by atoms with Gasteiger partial charge < -0.3 is 23.6 Å². The van der Waals surface area contributed by atoms with E-state index in [1.54, 1.807) is 45.4 Å². The van der Waals surface area contributed by atoms with Gasteiger partial charge in [-0.15, -0.1) is 0 Å². The molecule has 3 aromatic rings. The first-order valence-electron chi connectivity index (χ1n) is 10.8. The Kier molecular flexibility index (Phi) is 7.09. The second kappa shape index (κ2) is 10.4. The van der Waals surface area contributed by atoms with Gasteiger partial charge in [-0.2, -0.15) is 4.98 Å². The molecular weight excluding hydrogens is 424 g/mol. The van der Waals surface area contributed by atoms with E-state index in [1.165, 1.54) is 0 Å². The van der Waals surface area contributed by atoms with Crippen LogP contribution in [0.5, 0.6) is 17.2 Å². The van der Waals surface area contributed by atoms with Crippen molar-refractivity contribution >= 4 is 5.91 Å². The van der Waals surface area contributed by atoms with Crippen molar-refractivity contribution in [3.63, 3.8) is 0 Å². The molecule has 9 heteroatoms. The van der Waals surface area contributed by atoms with Gasteiger partial charge in [0.05, 0.1) is 14.2 Å². The van der Waals surface area contributed by atoms with Crippen LogP contribution in [0, 0.1) is 6.92 Å². The minimum absolute atomic E-state index is 0.0222. The molecule has 0 bridgehead atoms. The first-order valence-corrected chi connectivity index (χ1v) is 10.8. The first-order chi connectivity index (χ1) is 16.1. The summed E-state index contributed by atoms with van der Waals surface area (Å²) in [6.45, 7) is 5.60. The number of carbonyl (C=O) groups excluding carboxylic acids is 1. The average Bonchev–Trinajstić information content (AvgIpc) is 3.28. The van der Waals surface area contributed by atoms with Crippen molar-refractivity contribution in [1.29, 1.82) is 0 Å². The van der Waals surface area contributed by atoms with Crippen LogP contribution in [0.2, 0.25) is 0 Å². The predicted octanol–water partition coefficient (Wildman–Crippen LogP) is 2.93. The lowest BCUT2D eigenvalue weighted by Crippen LogP contribution is -2.48. The second-order valence-electron chi connectivity index (χ2n) is 7.79. The van der Waals surface area contributed by atoms with Crippen LogP contribution in [-0.4, -0.2) is 66.2 Å². The van der Waals surface area contributed by atoms with Gasteiger partial charge in [-0.25, -0.2) is 0 Å². The van der Waals surface area contributed by atoms with Gasteiger partial charge in [-0.3, -0.25) is 9.69 Å². The van der Waals surface area contributed by atoms with Crippen LogP contribution >= 0.6 is 0 Å². The monoisotopic (exact) mass is 452 g/mol. The molecule has 1 aliphatic rings. The van der Waals surface area contributed by atoms with Crippen molar-refractivity contribution in [2.24, 2.45) is 0 Å². The van der Waals surface area contributed by atoms with Gasteiger partial charge in [-0.1, -0.05) is 5.16 Å². The quantitative estimate of drug-likeness (QED) is 0.515. The molecule has 0 N–H and O–H groups in total. The van der Waals surface area contributed by atoms with Crippen LogP contribution in [0.3, 0.4) is 0 Å². The fourth-order valence-electron chi connectivity index (χ4n) is 3.78. The Bertz CT molecular complexity index is 1070. The maximum atomic E-state index is 12.9. The Labute approximate surface area is 192 Å². The van der Waals surface area contributed by atoms with E-state index in [4.69, 9.17) is 18.7 Å². The number of nitrogens with zero attached hydrogens (tertiary/aromatic N) is 4. The third-order valence-corrected chi connectivity index (χ3v) is 5.58. The summed E-state index contributed by atoms with van der Waals surface area (Å²) in [5, 5.41) is 3.80. The third-order valence-electron chi connectivity index (χ3n) is 5.58. The van der Waals surface area contributed by atoms with Crippen molar-refractivity contribution < 1.29 is 23.5 Å². The Morgan fingerprint density at radius 1 is 1.00 bits per heavy atom. The van der Waals surface area contributed by atoms with Crippen LogP contribution < -0.4 is 14.2 Å². The normalized spacial score (nSPS) is 14.2. The van der Waals surface area contributed by atoms with E-state index >= 15 is 0 Å². The van der Waals surface area contributed by atoms with Crippen molar-refractivity contribution in [1.82, 2.24) is 19.9 Å². The standard InChI is InChI=1S/C24H28N4O5/c1-17-25-23(26-33-17)16-32-20-6-4-18(5-7-20)24(29)28-12-10-27(11-13-28)15-19-14-21(30-2)8-9-22(19)31-3/h4-9,14H,10-13,15-16H2,1-3H3. The molecular formula is C24H28N4O5. The largest absolute Gasteiger partial charge is 0.497 e. The number of aryl methyl sites for hydroxylation is 1. The summed E-state index contributed by atoms with van der Waals surface area (Å²) in [6.07, 6.45) is 0. The molecule has 9 nitrogen and oxygen atoms in total. The Hall–Kier alpha value is -3.59. The summed E-state index contributed by atoms with van der Waals surface area (Å²) in [5.74, 6) is 3.29. The molecule has 0 spiro atoms. The molecule has 2 heterocycles. The third kappa shape index (κ3) is 5.61. The fourth-order valence-corrected chi connectivity index (χ4v) is 3.78. The second-order valence-corrected chi connectivity index (χ2v) is 7.79. The highest BCUT2D eigenvalue weighted by molar-refractivity contribution is 5.94. The van der Waals surface area contributed by atoms with E-state index in [0.29, 0.717) is 36.1 Å². The van der Waals surface area contributed by atoms with Crippen LogP contribution in [0.1, 0.15) is 27.6 Å². The molecule has 1 aliphatic heterocycles. The van der Waals surface area contributed by atoms with Gasteiger partial charge in [0.1, 0.15) is 17.2 Å². The lowest BCUT2D eigenvalue weighted by atomic mass is 10.1. The summed E-state index contributed by atoms with van der Waals surface area (Å²) in [7, 11) is 3.33. The Balaban J connectivity index is 1.29. The number of piperazine rings is 1. The zero-order valence-electron chi connectivity index (χ0n) is 19.1. The molecule has 0 unspecified atom stereocenters. The van der Waals surface area contributed by atoms with Crippen LogP contribution in [0.25, 0.3) is 0 Å². The predicted molar refractivity (Wildman–Crippen MR) is 121 cm³/mol. The summed E-state index contributed by atoms with van der Waals surface area (Å²) < 4.78 is 21.4. The highest BCUT2D eigenvalue weighted by atomic mass is 16.5. The van der Waals surface area contributed by atoms with E-state index in [-0.39, 0.29) is 12.5 Å². The van der Waals surface area contributed by atoms with Gasteiger partial charge in [0, 0.05) is 50.8 Å². The molecule has 0 atom stereocenters. The average molecular weight is 453 g/mol. The van der Waals surface area contributed by atoms with Crippen molar-refractivity contribution in [2.45, 2.75) is 20.1 Å². The Morgan fingerprint density at radius 2 is 1.73 bits per heavy atom. The van der Waals surface area contributed by atoms with E-state index < -0.39 is 0 Å². The number of hydrogen-bond donors (Lipinski definition) is 0. The molecule has 174 valence electrons. The topological polar surface area (TPSA) is 90.2 Å². The minimum atomic E-state index is 0.0222. The number of methoxy groups -OCH3 is 2. The molecule has 1 saturated heterocycles. The highest BCUT2D eigenvalue weighted by Crippen LogP contribution is 2.26. The molecule has 33 heavy (non-hydrogen) atoms. The van der Waals surface area contributed by atoms with Gasteiger partial charge in [0.15, 0.2) is 6.61 Å². The molecule has 1 amide bonds. The smallest absolute Gasteiger partial charge is 0.253 e. The molecule has 1 fully saturated rings. The van der Waals surface area contributed by atoms with E-state index in [0.717, 1.165) is 36.7 Å². The van der Waals surface area contributed by atoms with Crippen LogP contribution in [-0.2, 0) is 13.2 Å². The number of amides is 1. The summed E-state index contributed by atoms with van der Waals surface area (Å²) >= 11 is 0. The van der Waals surface area contributed by atoms with Crippen molar-refractivity contribution in [3.05, 3.63) is 65.3 Å². The van der Waals surface area contributed by atoms with Crippen molar-refractivity contribution in [2.75, 3.05) is 40.4 Å². The van der Waals surface area contributed by atoms with Gasteiger partial charge in [0.2, 0.25) is 11.7 Å². The van der Waals surface area contributed by atoms with Crippen LogP contribution in [0.4, 0.5) is 0 Å². The Morgan fingerprint density at radius 3 is 2.36 bits per heavy atom. The lowest BCUT2D eigenvalue weighted by Gasteiger charge is -2.35. The van der Waals surface area contributed by atoms with Gasteiger partial charge in [-0.05, 0) is 42.5 Å². The SMILES string of the molecule is COc1ccc(OC)c(CN2CCN(C(=O)c3ccc(OCc4noc(C)n4)cc3)CC2)c1. The van der Waals surface area contributed by atoms with E-state index in [2.05, 4.69) is 15.0 Å². The number of benzene rings is 2. The summed E-state index contributed by atoms with van der Waals surface area (Å²) in [4.78, 5) is 21.2. The minimum Gasteiger partial charge on any atom is -0.497 e. The van der Waals surface area contributed by atoms with Gasteiger partial charge in [0.25, 0.3) is 5.91 Å². The number of aromatic nitrogens is 2. The molecule has 2 aromatic carbocycles. The van der Waals surface area contributed by atoms with Gasteiger partial charge >= 0.3 is 0 Å². The lowest BCUT2D eigenvalue weighted by molar-refractivity contribution is 0.0627. The molecule has 0 saturated carbocycles. The molecule has 1 aromatic heterocycles. The van der Waals surface area contributed by atoms with E-state index in [1.807, 2.05) is 23.1 Å². The highest BCUT2D eigenvalue weighted by Gasteiger charge is 2.23. The molecule has 0 aliphatic carbocycles. The molecule has 0 radical (unpaired) electrons. The zero-order valence-corrected chi connectivity index (χ0v) is 19.1. The molecule has 4 rings (SSSR count). The first kappa shape index (κ1) is 22.6. The summed E-state index contributed by atoms with van der Waals surface area (Å²) in [5.41, 5.74) is 1.71. The maximum Gasteiger partial charge on any atom is 0.253 e. The maximum absolute atomic E-state index is 12.9. The van der Waals surface area contributed by atoms with Crippen molar-refractivity contribution in [3.8, 4) is 17.2 Å². The fraction of sp³-hybridized carbons (Fsp3) is 0.375. The summed E-state index contributed by atoms with van der Waals surface area (Å²) in [6, 6.07) is 12.9.